The maximum Gasteiger partial charge on any atom is 0.306 e. The number of hydrogen-bond donors (Lipinski definition) is 0. The lowest BCUT2D eigenvalue weighted by molar-refractivity contribution is -0.143. The van der Waals surface area contributed by atoms with Crippen LogP contribution in [-0.2, 0) is 16.0 Å². The van der Waals surface area contributed by atoms with E-state index in [4.69, 9.17) is 4.74 Å². The van der Waals surface area contributed by atoms with E-state index in [1.54, 1.807) is 6.20 Å². The highest BCUT2D eigenvalue weighted by Crippen LogP contribution is 2.11. The molecule has 18 heavy (non-hydrogen) atoms. The third kappa shape index (κ3) is 2.97. The summed E-state index contributed by atoms with van der Waals surface area (Å²) in [5.74, 6) is -0.168. The van der Waals surface area contributed by atoms with Crippen molar-refractivity contribution < 1.29 is 9.53 Å². The van der Waals surface area contributed by atoms with E-state index < -0.39 is 0 Å². The molecule has 1 heterocycles. The molecule has 1 aromatic heterocycles. The lowest BCUT2D eigenvalue weighted by atomic mass is 10.2. The van der Waals surface area contributed by atoms with Crippen LogP contribution in [0.5, 0.6) is 0 Å². The first-order chi connectivity index (χ1) is 8.81. The maximum atomic E-state index is 11.3. The first kappa shape index (κ1) is 12.4. The molecule has 4 heteroatoms. The van der Waals surface area contributed by atoms with E-state index in [-0.39, 0.29) is 5.97 Å². The standard InChI is InChI=1S/C14H16N2O2/c1-2-18-14(17)9-8-13-10-11-15-16(13)12-6-4-3-5-7-12/h3-7,10-11H,2,8-9H2,1H3. The Hall–Kier alpha value is -2.10. The number of aromatic nitrogens is 2. The molecule has 0 aliphatic carbocycles. The number of hydrogen-bond acceptors (Lipinski definition) is 3. The Bertz CT molecular complexity index is 506. The number of carbonyl (C=O) groups excluding carboxylic acids is 1. The van der Waals surface area contributed by atoms with Gasteiger partial charge in [-0.2, -0.15) is 5.10 Å². The molecule has 0 atom stereocenters. The van der Waals surface area contributed by atoms with Crippen molar-refractivity contribution in [1.82, 2.24) is 9.78 Å². The van der Waals surface area contributed by atoms with Gasteiger partial charge in [0, 0.05) is 18.3 Å². The number of ether oxygens (including phenoxy) is 1. The minimum Gasteiger partial charge on any atom is -0.466 e. The first-order valence-electron chi connectivity index (χ1n) is 6.05. The van der Waals surface area contributed by atoms with Gasteiger partial charge in [0.25, 0.3) is 0 Å². The molecular formula is C14H16N2O2. The lowest BCUT2D eigenvalue weighted by Crippen LogP contribution is -2.08. The van der Waals surface area contributed by atoms with Crippen molar-refractivity contribution >= 4 is 5.97 Å². The van der Waals surface area contributed by atoms with Crippen LogP contribution < -0.4 is 0 Å². The highest BCUT2D eigenvalue weighted by atomic mass is 16.5. The fraction of sp³-hybridized carbons (Fsp3) is 0.286. The van der Waals surface area contributed by atoms with E-state index in [0.717, 1.165) is 11.4 Å². The molecule has 0 unspecified atom stereocenters. The molecule has 2 rings (SSSR count). The van der Waals surface area contributed by atoms with Gasteiger partial charge in [0.2, 0.25) is 0 Å². The van der Waals surface area contributed by atoms with Crippen molar-refractivity contribution in [2.45, 2.75) is 19.8 Å². The second-order valence-electron chi connectivity index (χ2n) is 3.87. The Morgan fingerprint density at radius 1 is 1.28 bits per heavy atom. The number of esters is 1. The second kappa shape index (κ2) is 6.00. The molecule has 0 spiro atoms. The van der Waals surface area contributed by atoms with E-state index in [1.807, 2.05) is 48.0 Å². The van der Waals surface area contributed by atoms with Gasteiger partial charge in [-0.15, -0.1) is 0 Å². The third-order valence-electron chi connectivity index (χ3n) is 2.61. The van der Waals surface area contributed by atoms with Gasteiger partial charge in [-0.25, -0.2) is 4.68 Å². The fourth-order valence-electron chi connectivity index (χ4n) is 1.79. The second-order valence-corrected chi connectivity index (χ2v) is 3.87. The maximum absolute atomic E-state index is 11.3. The Kier molecular flexibility index (Phi) is 4.12. The molecule has 1 aromatic carbocycles. The van der Waals surface area contributed by atoms with Crippen molar-refractivity contribution in [2.24, 2.45) is 0 Å². The third-order valence-corrected chi connectivity index (χ3v) is 2.61. The molecule has 4 nitrogen and oxygen atoms in total. The molecule has 2 aromatic rings. The molecule has 0 radical (unpaired) electrons. The molecule has 0 aliphatic rings. The Labute approximate surface area is 106 Å². The van der Waals surface area contributed by atoms with Crippen molar-refractivity contribution in [3.63, 3.8) is 0 Å². The minimum atomic E-state index is -0.168. The van der Waals surface area contributed by atoms with E-state index in [1.165, 1.54) is 0 Å². The van der Waals surface area contributed by atoms with Gasteiger partial charge >= 0.3 is 5.97 Å². The predicted octanol–water partition coefficient (Wildman–Crippen LogP) is 2.37. The van der Waals surface area contributed by atoms with Gasteiger partial charge in [-0.1, -0.05) is 18.2 Å². The van der Waals surface area contributed by atoms with Crippen LogP contribution in [0.1, 0.15) is 19.0 Å². The van der Waals surface area contributed by atoms with Gasteiger partial charge < -0.3 is 4.74 Å². The van der Waals surface area contributed by atoms with Gasteiger partial charge in [-0.3, -0.25) is 4.79 Å². The van der Waals surface area contributed by atoms with Gasteiger partial charge in [0.05, 0.1) is 18.7 Å². The summed E-state index contributed by atoms with van der Waals surface area (Å²) in [5.41, 5.74) is 2.01. The Morgan fingerprint density at radius 3 is 2.78 bits per heavy atom. The Balaban J connectivity index is 2.07. The summed E-state index contributed by atoms with van der Waals surface area (Å²) in [7, 11) is 0. The normalized spacial score (nSPS) is 10.3. The van der Waals surface area contributed by atoms with Crippen LogP contribution in [-0.4, -0.2) is 22.4 Å². The zero-order chi connectivity index (χ0) is 12.8. The molecular weight excluding hydrogens is 228 g/mol. The number of para-hydroxylation sites is 1. The molecule has 0 fully saturated rings. The van der Waals surface area contributed by atoms with Crippen molar-refractivity contribution in [3.05, 3.63) is 48.3 Å². The van der Waals surface area contributed by atoms with Crippen LogP contribution in [0, 0.1) is 0 Å². The minimum absolute atomic E-state index is 0.168. The number of carbonyl (C=O) groups is 1. The van der Waals surface area contributed by atoms with E-state index in [0.29, 0.717) is 19.4 Å². The average Bonchev–Trinajstić information content (AvgIpc) is 2.86. The fourth-order valence-corrected chi connectivity index (χ4v) is 1.79. The predicted molar refractivity (Wildman–Crippen MR) is 68.5 cm³/mol. The van der Waals surface area contributed by atoms with Gasteiger partial charge in [0.15, 0.2) is 0 Å². The summed E-state index contributed by atoms with van der Waals surface area (Å²) in [6.45, 7) is 2.24. The van der Waals surface area contributed by atoms with Crippen LogP contribution in [0.2, 0.25) is 0 Å². The zero-order valence-corrected chi connectivity index (χ0v) is 10.4. The summed E-state index contributed by atoms with van der Waals surface area (Å²) in [6, 6.07) is 11.8. The van der Waals surface area contributed by atoms with Crippen LogP contribution in [0.3, 0.4) is 0 Å². The van der Waals surface area contributed by atoms with Crippen LogP contribution in [0.15, 0.2) is 42.6 Å². The van der Waals surface area contributed by atoms with Crippen molar-refractivity contribution in [2.75, 3.05) is 6.61 Å². The molecule has 94 valence electrons. The molecule has 0 saturated carbocycles. The number of rotatable bonds is 5. The summed E-state index contributed by atoms with van der Waals surface area (Å²) in [4.78, 5) is 11.3. The zero-order valence-electron chi connectivity index (χ0n) is 10.4. The molecule has 0 bridgehead atoms. The quantitative estimate of drug-likeness (QED) is 0.758. The lowest BCUT2D eigenvalue weighted by Gasteiger charge is -2.07. The molecule has 0 saturated heterocycles. The number of nitrogens with zero attached hydrogens (tertiary/aromatic N) is 2. The highest BCUT2D eigenvalue weighted by Gasteiger charge is 2.08. The van der Waals surface area contributed by atoms with Crippen LogP contribution in [0.4, 0.5) is 0 Å². The summed E-state index contributed by atoms with van der Waals surface area (Å²) in [5, 5.41) is 4.27. The topological polar surface area (TPSA) is 44.1 Å². The van der Waals surface area contributed by atoms with E-state index in [9.17, 15) is 4.79 Å². The highest BCUT2D eigenvalue weighted by molar-refractivity contribution is 5.69. The first-order valence-corrected chi connectivity index (χ1v) is 6.05. The smallest absolute Gasteiger partial charge is 0.306 e. The van der Waals surface area contributed by atoms with Gasteiger partial charge in [-0.05, 0) is 25.1 Å². The average molecular weight is 244 g/mol. The Morgan fingerprint density at radius 2 is 2.06 bits per heavy atom. The molecule has 0 amide bonds. The van der Waals surface area contributed by atoms with Crippen LogP contribution in [0.25, 0.3) is 5.69 Å². The van der Waals surface area contributed by atoms with E-state index >= 15 is 0 Å². The summed E-state index contributed by atoms with van der Waals surface area (Å²) < 4.78 is 6.76. The number of benzene rings is 1. The SMILES string of the molecule is CCOC(=O)CCc1ccnn1-c1ccccc1. The monoisotopic (exact) mass is 244 g/mol. The largest absolute Gasteiger partial charge is 0.466 e. The van der Waals surface area contributed by atoms with Crippen LogP contribution >= 0.6 is 0 Å². The van der Waals surface area contributed by atoms with Crippen molar-refractivity contribution in [1.29, 1.82) is 0 Å². The van der Waals surface area contributed by atoms with Gasteiger partial charge in [0.1, 0.15) is 0 Å². The summed E-state index contributed by atoms with van der Waals surface area (Å²) in [6.07, 6.45) is 2.76. The molecule has 0 aliphatic heterocycles. The van der Waals surface area contributed by atoms with Crippen molar-refractivity contribution in [3.8, 4) is 5.69 Å². The van der Waals surface area contributed by atoms with E-state index in [2.05, 4.69) is 5.10 Å². The summed E-state index contributed by atoms with van der Waals surface area (Å²) >= 11 is 0. The molecule has 0 N–H and O–H groups in total. The number of aryl methyl sites for hydroxylation is 1.